The second-order valence-electron chi connectivity index (χ2n) is 9.16. The monoisotopic (exact) mass is 547 g/mol. The fourth-order valence-electron chi connectivity index (χ4n) is 4.04. The first-order valence-electron chi connectivity index (χ1n) is 13.0. The van der Waals surface area contributed by atoms with E-state index in [0.29, 0.717) is 38.1 Å². The molecule has 1 heterocycles. The average molecular weight is 548 g/mol. The quantitative estimate of drug-likeness (QED) is 0.284. The van der Waals surface area contributed by atoms with Crippen LogP contribution in [0.15, 0.2) is 91.5 Å². The van der Waals surface area contributed by atoms with Gasteiger partial charge in [-0.1, -0.05) is 60.7 Å². The summed E-state index contributed by atoms with van der Waals surface area (Å²) in [6.07, 6.45) is 1.25. The van der Waals surface area contributed by atoms with E-state index in [-0.39, 0.29) is 12.1 Å². The van der Waals surface area contributed by atoms with Crippen LogP contribution in [0.2, 0.25) is 0 Å². The third kappa shape index (κ3) is 10.2. The highest BCUT2D eigenvalue weighted by atomic mass is 16.7. The van der Waals surface area contributed by atoms with Gasteiger partial charge in [-0.2, -0.15) is 0 Å². The van der Waals surface area contributed by atoms with Crippen LogP contribution >= 0.6 is 0 Å². The Bertz CT molecular complexity index is 1220. The first-order chi connectivity index (χ1) is 19.4. The molecule has 0 bridgehead atoms. The molecule has 3 aromatic rings. The lowest BCUT2D eigenvalue weighted by Crippen LogP contribution is -2.45. The Balaban J connectivity index is 0.000000249. The molecule has 3 atom stereocenters. The van der Waals surface area contributed by atoms with Gasteiger partial charge in [-0.25, -0.2) is 4.79 Å². The van der Waals surface area contributed by atoms with Gasteiger partial charge in [-0.3, -0.25) is 4.79 Å². The number of urea groups is 1. The maximum atomic E-state index is 11.9. The highest BCUT2D eigenvalue weighted by Crippen LogP contribution is 2.21. The lowest BCUT2D eigenvalue weighted by atomic mass is 10.0. The summed E-state index contributed by atoms with van der Waals surface area (Å²) >= 11 is 0. The van der Waals surface area contributed by atoms with Crippen molar-refractivity contribution in [1.82, 2.24) is 10.6 Å². The van der Waals surface area contributed by atoms with E-state index >= 15 is 0 Å². The van der Waals surface area contributed by atoms with Crippen molar-refractivity contribution in [3.63, 3.8) is 0 Å². The molecule has 0 saturated carbocycles. The van der Waals surface area contributed by atoms with E-state index in [9.17, 15) is 14.7 Å². The second-order valence-corrected chi connectivity index (χ2v) is 9.16. The van der Waals surface area contributed by atoms with Crippen molar-refractivity contribution >= 4 is 11.9 Å². The van der Waals surface area contributed by atoms with Crippen molar-refractivity contribution in [1.29, 1.82) is 0 Å². The molecule has 212 valence electrons. The number of carbonyl (C=O) groups is 2. The molecule has 3 aromatic carbocycles. The minimum absolute atomic E-state index is 0.287. The summed E-state index contributed by atoms with van der Waals surface area (Å²) in [7, 11) is 1.61. The van der Waals surface area contributed by atoms with Crippen LogP contribution in [-0.4, -0.2) is 55.8 Å². The topological polar surface area (TPSA) is 132 Å². The van der Waals surface area contributed by atoms with E-state index < -0.39 is 18.3 Å². The number of hydrogen-bond acceptors (Lipinski definition) is 6. The molecule has 0 aliphatic carbocycles. The van der Waals surface area contributed by atoms with E-state index in [0.717, 1.165) is 22.4 Å². The van der Waals surface area contributed by atoms with Crippen LogP contribution in [0.5, 0.6) is 5.75 Å². The van der Waals surface area contributed by atoms with E-state index in [1.54, 1.807) is 25.3 Å². The summed E-state index contributed by atoms with van der Waals surface area (Å²) in [5.74, 6) is 0.377. The fraction of sp³-hybridized carbons (Fsp3) is 0.290. The zero-order valence-electron chi connectivity index (χ0n) is 22.6. The van der Waals surface area contributed by atoms with Gasteiger partial charge >= 0.3 is 6.03 Å². The fourth-order valence-corrected chi connectivity index (χ4v) is 4.04. The predicted octanol–water partition coefficient (Wildman–Crippen LogP) is 4.02. The molecule has 3 unspecified atom stereocenters. The summed E-state index contributed by atoms with van der Waals surface area (Å²) < 4.78 is 16.2. The van der Waals surface area contributed by atoms with Gasteiger partial charge in [-0.15, -0.1) is 6.58 Å². The van der Waals surface area contributed by atoms with Gasteiger partial charge in [0.2, 0.25) is 5.91 Å². The van der Waals surface area contributed by atoms with Crippen molar-refractivity contribution in [2.24, 2.45) is 5.73 Å². The third-order valence-electron chi connectivity index (χ3n) is 6.10. The van der Waals surface area contributed by atoms with E-state index in [4.69, 9.17) is 19.9 Å². The van der Waals surface area contributed by atoms with E-state index in [1.165, 1.54) is 0 Å². The number of ether oxygens (including phenoxy) is 3. The summed E-state index contributed by atoms with van der Waals surface area (Å²) in [6, 6.07) is 24.4. The number of methoxy groups -OCH3 is 1. The largest absolute Gasteiger partial charge is 0.497 e. The standard InChI is InChI=1S/C18H26N2O5.C13H11NO/c1-3-8-24-17-10-14(21)9-16(25-17)12-20-18(22)19-11-13-4-6-15(23-2)7-5-13;14-13(15)12-8-4-7-11(9-12)10-5-2-1-3-6-10/h3-7,14,16-17,21H,1,8-12H2,2H3,(H2,19,20,22);1-9H,(H2,14,15). The average Bonchev–Trinajstić information content (AvgIpc) is 2.99. The Morgan fingerprint density at radius 1 is 1.02 bits per heavy atom. The molecule has 9 nitrogen and oxygen atoms in total. The van der Waals surface area contributed by atoms with Crippen LogP contribution in [0, 0.1) is 0 Å². The number of amides is 3. The molecule has 0 aromatic heterocycles. The molecular weight excluding hydrogens is 510 g/mol. The van der Waals surface area contributed by atoms with E-state index in [1.807, 2.05) is 66.7 Å². The van der Waals surface area contributed by atoms with Gasteiger partial charge < -0.3 is 35.7 Å². The number of rotatable bonds is 10. The zero-order valence-corrected chi connectivity index (χ0v) is 22.6. The lowest BCUT2D eigenvalue weighted by Gasteiger charge is -2.32. The Morgan fingerprint density at radius 2 is 1.75 bits per heavy atom. The Hall–Kier alpha value is -4.18. The summed E-state index contributed by atoms with van der Waals surface area (Å²) in [5.41, 5.74) is 8.82. The van der Waals surface area contributed by atoms with Crippen molar-refractivity contribution in [2.75, 3.05) is 20.3 Å². The highest BCUT2D eigenvalue weighted by molar-refractivity contribution is 5.94. The molecule has 40 heavy (non-hydrogen) atoms. The molecule has 5 N–H and O–H groups in total. The number of carbonyl (C=O) groups excluding carboxylic acids is 2. The summed E-state index contributed by atoms with van der Waals surface area (Å²) in [6.45, 7) is 4.66. The smallest absolute Gasteiger partial charge is 0.315 e. The SMILES string of the molecule is C=CCOC1CC(O)CC(CNC(=O)NCc2ccc(OC)cc2)O1.NC(=O)c1cccc(-c2ccccc2)c1. The van der Waals surface area contributed by atoms with Crippen molar-refractivity contribution in [2.45, 2.75) is 37.9 Å². The van der Waals surface area contributed by atoms with Gasteiger partial charge in [0.1, 0.15) is 5.75 Å². The first kappa shape index (κ1) is 30.4. The number of hydrogen-bond donors (Lipinski definition) is 4. The maximum absolute atomic E-state index is 11.9. The van der Waals surface area contributed by atoms with Crippen LogP contribution in [0.25, 0.3) is 11.1 Å². The van der Waals surface area contributed by atoms with Gasteiger partial charge in [0.05, 0.1) is 25.9 Å². The third-order valence-corrected chi connectivity index (χ3v) is 6.10. The molecule has 4 rings (SSSR count). The number of aliphatic hydroxyl groups excluding tert-OH is 1. The Morgan fingerprint density at radius 3 is 2.42 bits per heavy atom. The molecular formula is C31H37N3O6. The molecule has 1 saturated heterocycles. The summed E-state index contributed by atoms with van der Waals surface area (Å²) in [5, 5.41) is 15.4. The molecule has 1 aliphatic rings. The van der Waals surface area contributed by atoms with Crippen LogP contribution < -0.4 is 21.1 Å². The van der Waals surface area contributed by atoms with Crippen LogP contribution in [0.1, 0.15) is 28.8 Å². The van der Waals surface area contributed by atoms with E-state index in [2.05, 4.69) is 17.2 Å². The molecule has 9 heteroatoms. The number of nitrogens with one attached hydrogen (secondary N) is 2. The number of aliphatic hydroxyl groups is 1. The van der Waals surface area contributed by atoms with Crippen molar-refractivity contribution < 1.29 is 28.9 Å². The molecule has 0 spiro atoms. The first-order valence-corrected chi connectivity index (χ1v) is 13.0. The van der Waals surface area contributed by atoms with Gasteiger partial charge in [0.15, 0.2) is 6.29 Å². The zero-order chi connectivity index (χ0) is 28.7. The predicted molar refractivity (Wildman–Crippen MR) is 154 cm³/mol. The summed E-state index contributed by atoms with van der Waals surface area (Å²) in [4.78, 5) is 22.9. The maximum Gasteiger partial charge on any atom is 0.315 e. The number of nitrogens with two attached hydrogens (primary N) is 1. The molecule has 1 fully saturated rings. The van der Waals surface area contributed by atoms with Crippen LogP contribution in [0.3, 0.4) is 0 Å². The Labute approximate surface area is 234 Å². The number of primary amides is 1. The second kappa shape index (κ2) is 16.0. The Kier molecular flexibility index (Phi) is 12.2. The van der Waals surface area contributed by atoms with Crippen molar-refractivity contribution in [3.05, 3.63) is 103 Å². The van der Waals surface area contributed by atoms with Gasteiger partial charge in [0, 0.05) is 31.5 Å². The molecule has 3 amide bonds. The minimum Gasteiger partial charge on any atom is -0.497 e. The van der Waals surface area contributed by atoms with Gasteiger partial charge in [-0.05, 0) is 41.0 Å². The van der Waals surface area contributed by atoms with Crippen LogP contribution in [0.4, 0.5) is 4.79 Å². The highest BCUT2D eigenvalue weighted by Gasteiger charge is 2.28. The minimum atomic E-state index is -0.502. The lowest BCUT2D eigenvalue weighted by molar-refractivity contribution is -0.208. The van der Waals surface area contributed by atoms with Crippen molar-refractivity contribution in [3.8, 4) is 16.9 Å². The molecule has 1 aliphatic heterocycles. The number of benzene rings is 3. The van der Waals surface area contributed by atoms with Crippen LogP contribution in [-0.2, 0) is 16.0 Å². The molecule has 0 radical (unpaired) electrons. The van der Waals surface area contributed by atoms with Gasteiger partial charge in [0.25, 0.3) is 0 Å². The normalized spacial score (nSPS) is 18.0.